The van der Waals surface area contributed by atoms with Crippen LogP contribution in [0.5, 0.6) is 5.75 Å². The first-order chi connectivity index (χ1) is 11.9. The van der Waals surface area contributed by atoms with E-state index in [4.69, 9.17) is 16.3 Å². The molecular weight excluding hydrogens is 344 g/mol. The number of ether oxygens (including phenoxy) is 1. The number of hydrogen-bond acceptors (Lipinski definition) is 4. The van der Waals surface area contributed by atoms with Crippen LogP contribution in [0.4, 0.5) is 5.69 Å². The summed E-state index contributed by atoms with van der Waals surface area (Å²) in [5.41, 5.74) is 0.394. The monoisotopic (exact) mass is 362 g/mol. The number of methoxy groups -OCH3 is 1. The first-order valence-electron chi connectivity index (χ1n) is 8.10. The van der Waals surface area contributed by atoms with Gasteiger partial charge in [-0.3, -0.25) is 19.3 Å². The molecule has 1 heterocycles. The summed E-state index contributed by atoms with van der Waals surface area (Å²) in [4.78, 5) is 38.8. The molecular formula is C18H19ClN2O4. The summed E-state index contributed by atoms with van der Waals surface area (Å²) in [6.07, 6.45) is 4.92. The number of rotatable bonds is 4. The smallest absolute Gasteiger partial charge is 0.247 e. The number of anilines is 1. The molecule has 0 aromatic heterocycles. The van der Waals surface area contributed by atoms with Crippen molar-refractivity contribution in [3.63, 3.8) is 0 Å². The van der Waals surface area contributed by atoms with Gasteiger partial charge in [-0.1, -0.05) is 23.8 Å². The van der Waals surface area contributed by atoms with Crippen LogP contribution in [0.1, 0.15) is 19.8 Å². The predicted molar refractivity (Wildman–Crippen MR) is 93.3 cm³/mol. The van der Waals surface area contributed by atoms with Crippen LogP contribution in [-0.4, -0.2) is 35.8 Å². The number of nitrogens with zero attached hydrogens (tertiary/aromatic N) is 1. The van der Waals surface area contributed by atoms with Crippen molar-refractivity contribution in [1.29, 1.82) is 0 Å². The second-order valence-corrected chi connectivity index (χ2v) is 6.65. The Balaban J connectivity index is 1.78. The van der Waals surface area contributed by atoms with Gasteiger partial charge in [0.15, 0.2) is 0 Å². The molecule has 0 bridgehead atoms. The second kappa shape index (κ2) is 6.88. The van der Waals surface area contributed by atoms with Crippen LogP contribution in [0.25, 0.3) is 0 Å². The van der Waals surface area contributed by atoms with Crippen LogP contribution in [0.2, 0.25) is 5.02 Å². The fourth-order valence-electron chi connectivity index (χ4n) is 3.34. The molecule has 3 atom stereocenters. The largest absolute Gasteiger partial charge is 0.495 e. The van der Waals surface area contributed by atoms with Gasteiger partial charge in [-0.05, 0) is 38.0 Å². The van der Waals surface area contributed by atoms with E-state index in [-0.39, 0.29) is 23.7 Å². The Hall–Kier alpha value is -2.34. The van der Waals surface area contributed by atoms with Crippen molar-refractivity contribution in [3.05, 3.63) is 35.4 Å². The van der Waals surface area contributed by atoms with Crippen molar-refractivity contribution in [3.8, 4) is 5.75 Å². The Labute approximate surface area is 150 Å². The average molecular weight is 363 g/mol. The molecule has 0 unspecified atom stereocenters. The van der Waals surface area contributed by atoms with E-state index >= 15 is 0 Å². The van der Waals surface area contributed by atoms with Crippen molar-refractivity contribution >= 4 is 35.0 Å². The summed E-state index contributed by atoms with van der Waals surface area (Å²) in [7, 11) is 1.48. The molecule has 3 amide bonds. The molecule has 1 fully saturated rings. The van der Waals surface area contributed by atoms with Crippen molar-refractivity contribution in [2.24, 2.45) is 11.8 Å². The first-order valence-corrected chi connectivity index (χ1v) is 8.48. The molecule has 2 aliphatic rings. The molecule has 1 aliphatic heterocycles. The van der Waals surface area contributed by atoms with E-state index < -0.39 is 11.9 Å². The molecule has 1 aromatic carbocycles. The molecule has 6 nitrogen and oxygen atoms in total. The zero-order chi connectivity index (χ0) is 18.1. The number of carbonyl (C=O) groups is 3. The number of benzene rings is 1. The van der Waals surface area contributed by atoms with Gasteiger partial charge >= 0.3 is 0 Å². The number of halogens is 1. The lowest BCUT2D eigenvalue weighted by Crippen LogP contribution is -2.46. The van der Waals surface area contributed by atoms with Crippen molar-refractivity contribution < 1.29 is 19.1 Å². The maximum atomic E-state index is 12.6. The Bertz CT molecular complexity index is 735. The van der Waals surface area contributed by atoms with Gasteiger partial charge in [0.25, 0.3) is 0 Å². The highest BCUT2D eigenvalue weighted by Crippen LogP contribution is 2.36. The molecule has 132 valence electrons. The summed E-state index contributed by atoms with van der Waals surface area (Å²) in [5, 5.41) is 3.13. The van der Waals surface area contributed by atoms with E-state index in [1.807, 2.05) is 12.2 Å². The minimum atomic E-state index is -0.908. The molecule has 0 spiro atoms. The molecule has 7 heteroatoms. The summed E-state index contributed by atoms with van der Waals surface area (Å²) >= 11 is 5.96. The van der Waals surface area contributed by atoms with Gasteiger partial charge in [0.1, 0.15) is 11.8 Å². The molecule has 1 saturated heterocycles. The number of imide groups is 1. The summed E-state index contributed by atoms with van der Waals surface area (Å²) < 4.78 is 5.20. The molecule has 25 heavy (non-hydrogen) atoms. The highest BCUT2D eigenvalue weighted by Gasteiger charge is 2.50. The lowest BCUT2D eigenvalue weighted by Gasteiger charge is -2.23. The normalized spacial score (nSPS) is 23.4. The molecule has 1 aromatic rings. The fourth-order valence-corrected chi connectivity index (χ4v) is 3.51. The highest BCUT2D eigenvalue weighted by molar-refractivity contribution is 6.31. The zero-order valence-electron chi connectivity index (χ0n) is 14.0. The van der Waals surface area contributed by atoms with E-state index in [1.165, 1.54) is 7.11 Å². The first kappa shape index (κ1) is 17.5. The Kier molecular flexibility index (Phi) is 4.81. The molecule has 1 N–H and O–H groups in total. The molecule has 0 radical (unpaired) electrons. The maximum Gasteiger partial charge on any atom is 0.247 e. The van der Waals surface area contributed by atoms with Gasteiger partial charge in [-0.25, -0.2) is 0 Å². The van der Waals surface area contributed by atoms with E-state index in [1.54, 1.807) is 25.1 Å². The summed E-state index contributed by atoms with van der Waals surface area (Å²) in [5.74, 6) is -1.28. The summed E-state index contributed by atoms with van der Waals surface area (Å²) in [6, 6.07) is 3.93. The quantitative estimate of drug-likeness (QED) is 0.660. The third-order valence-corrected chi connectivity index (χ3v) is 4.96. The van der Waals surface area contributed by atoms with Gasteiger partial charge in [-0.15, -0.1) is 0 Å². The number of fused-ring (bicyclic) bond motifs is 1. The van der Waals surface area contributed by atoms with Crippen LogP contribution in [-0.2, 0) is 14.4 Å². The van der Waals surface area contributed by atoms with Crippen LogP contribution in [0.15, 0.2) is 30.4 Å². The van der Waals surface area contributed by atoms with E-state index in [0.717, 1.165) is 4.90 Å². The third kappa shape index (κ3) is 3.14. The van der Waals surface area contributed by atoms with Gasteiger partial charge in [0, 0.05) is 5.02 Å². The molecule has 1 aliphatic carbocycles. The number of likely N-dealkylation sites (tertiary alicyclic amines) is 1. The molecule has 3 rings (SSSR count). The van der Waals surface area contributed by atoms with Crippen LogP contribution >= 0.6 is 11.6 Å². The Morgan fingerprint density at radius 3 is 2.40 bits per heavy atom. The van der Waals surface area contributed by atoms with Crippen LogP contribution in [0, 0.1) is 11.8 Å². The predicted octanol–water partition coefficient (Wildman–Crippen LogP) is 2.63. The van der Waals surface area contributed by atoms with E-state index in [0.29, 0.717) is 29.3 Å². The van der Waals surface area contributed by atoms with Gasteiger partial charge in [0.2, 0.25) is 17.7 Å². The van der Waals surface area contributed by atoms with Gasteiger partial charge in [0.05, 0.1) is 24.6 Å². The third-order valence-electron chi connectivity index (χ3n) is 4.73. The number of carbonyl (C=O) groups excluding carboxylic acids is 3. The van der Waals surface area contributed by atoms with Crippen LogP contribution in [0.3, 0.4) is 0 Å². The second-order valence-electron chi connectivity index (χ2n) is 6.21. The van der Waals surface area contributed by atoms with Crippen molar-refractivity contribution in [2.75, 3.05) is 12.4 Å². The fraction of sp³-hybridized carbons (Fsp3) is 0.389. The van der Waals surface area contributed by atoms with Gasteiger partial charge < -0.3 is 10.1 Å². The minimum Gasteiger partial charge on any atom is -0.495 e. The SMILES string of the molecule is COc1ccc(Cl)cc1NC(=O)[C@H](C)N1C(=O)[C@H]2CC=CC[C@H]2C1=O. The maximum absolute atomic E-state index is 12.6. The Morgan fingerprint density at radius 2 is 1.84 bits per heavy atom. The lowest BCUT2D eigenvalue weighted by molar-refractivity contribution is -0.146. The van der Waals surface area contributed by atoms with Crippen molar-refractivity contribution in [1.82, 2.24) is 4.90 Å². The van der Waals surface area contributed by atoms with E-state index in [9.17, 15) is 14.4 Å². The van der Waals surface area contributed by atoms with Crippen molar-refractivity contribution in [2.45, 2.75) is 25.8 Å². The minimum absolute atomic E-state index is 0.278. The van der Waals surface area contributed by atoms with Gasteiger partial charge in [-0.2, -0.15) is 0 Å². The summed E-state index contributed by atoms with van der Waals surface area (Å²) in [6.45, 7) is 1.55. The lowest BCUT2D eigenvalue weighted by atomic mass is 9.85. The highest BCUT2D eigenvalue weighted by atomic mass is 35.5. The zero-order valence-corrected chi connectivity index (χ0v) is 14.7. The van der Waals surface area contributed by atoms with E-state index in [2.05, 4.69) is 5.32 Å². The number of amides is 3. The standard InChI is InChI=1S/C18H19ClN2O4/c1-10(16(22)20-14-9-11(19)7-8-15(14)25-2)21-17(23)12-5-3-4-6-13(12)18(21)24/h3-4,7-10,12-13H,5-6H2,1-2H3,(H,20,22)/t10-,12-,13+/m0/s1. The van der Waals surface area contributed by atoms with Crippen LogP contribution < -0.4 is 10.1 Å². The molecule has 0 saturated carbocycles. The topological polar surface area (TPSA) is 75.7 Å². The Morgan fingerprint density at radius 1 is 1.24 bits per heavy atom. The number of nitrogens with one attached hydrogen (secondary N) is 1. The average Bonchev–Trinajstić information content (AvgIpc) is 2.86. The number of allylic oxidation sites excluding steroid dienone is 2. The number of hydrogen-bond donors (Lipinski definition) is 1.